The Morgan fingerprint density at radius 1 is 1.30 bits per heavy atom. The van der Waals surface area contributed by atoms with E-state index in [-0.39, 0.29) is 1.43 Å². The molecule has 2 aromatic rings. The molecular weight excluding hydrogens is 146 g/mol. The van der Waals surface area contributed by atoms with E-state index in [0.29, 0.717) is 0 Å². The van der Waals surface area contributed by atoms with Gasteiger partial charge < -0.3 is 4.98 Å². The summed E-state index contributed by atoms with van der Waals surface area (Å²) < 4.78 is 0. The van der Waals surface area contributed by atoms with Gasteiger partial charge in [-0.3, -0.25) is 0 Å². The smallest absolute Gasteiger partial charge is 0.361 e. The summed E-state index contributed by atoms with van der Waals surface area (Å²) in [6.45, 7) is 0. The molecule has 0 atom stereocenters. The van der Waals surface area contributed by atoms with E-state index in [1.165, 1.54) is 5.39 Å². The number of hydrogen-bond donors (Lipinski definition) is 1. The van der Waals surface area contributed by atoms with E-state index in [1.54, 1.807) is 0 Å². The van der Waals surface area contributed by atoms with Crippen LogP contribution >= 0.6 is 11.6 Å². The van der Waals surface area contributed by atoms with Gasteiger partial charge in [0.25, 0.3) is 0 Å². The summed E-state index contributed by atoms with van der Waals surface area (Å²) in [6.07, 6.45) is 1.90. The lowest BCUT2D eigenvalue weighted by molar-refractivity contribution is 1.48. The topological polar surface area (TPSA) is 15.8 Å². The van der Waals surface area contributed by atoms with E-state index in [0.717, 1.165) is 10.5 Å². The summed E-state index contributed by atoms with van der Waals surface area (Å²) in [6, 6.07) is 7.81. The first-order valence-corrected chi connectivity index (χ1v) is 3.47. The third-order valence-electron chi connectivity index (χ3n) is 1.52. The first kappa shape index (κ1) is 5.81. The van der Waals surface area contributed by atoms with Crippen molar-refractivity contribution in [3.8, 4) is 0 Å². The molecule has 50 valence electrons. The van der Waals surface area contributed by atoms with E-state index in [1.807, 2.05) is 30.5 Å². The summed E-state index contributed by atoms with van der Waals surface area (Å²) in [5.41, 5.74) is 1.09. The molecule has 10 heavy (non-hydrogen) atoms. The second-order valence-electron chi connectivity index (χ2n) is 2.21. The Balaban J connectivity index is 0.000000605. The highest BCUT2D eigenvalue weighted by molar-refractivity contribution is 6.31. The van der Waals surface area contributed by atoms with E-state index in [4.69, 9.17) is 11.6 Å². The molecule has 0 bridgehead atoms. The first-order valence-electron chi connectivity index (χ1n) is 3.09. The Labute approximate surface area is 65.1 Å². The molecule has 2 rings (SSSR count). The van der Waals surface area contributed by atoms with E-state index < -0.39 is 0 Å². The number of rotatable bonds is 0. The number of halogens is 1. The summed E-state index contributed by atoms with van der Waals surface area (Å²) in [5.74, 6) is 0. The van der Waals surface area contributed by atoms with Crippen molar-refractivity contribution < 1.29 is 1.43 Å². The number of fused-ring (bicyclic) bond motifs is 1. The molecule has 0 fully saturated rings. The molecule has 0 radical (unpaired) electrons. The summed E-state index contributed by atoms with van der Waals surface area (Å²) >= 11 is 5.76. The molecular formula is C8H7ClN+. The molecule has 0 amide bonds. The fraction of sp³-hybridized carbons (Fsp3) is 0. The van der Waals surface area contributed by atoms with Crippen molar-refractivity contribution in [1.82, 2.24) is 4.98 Å². The number of H-pyrrole nitrogens is 1. The highest BCUT2D eigenvalue weighted by atomic mass is 35.5. The quantitative estimate of drug-likeness (QED) is 0.598. The molecule has 0 aliphatic heterocycles. The highest BCUT2D eigenvalue weighted by Crippen LogP contribution is 2.16. The van der Waals surface area contributed by atoms with Crippen molar-refractivity contribution >= 4 is 22.5 Å². The van der Waals surface area contributed by atoms with Crippen LogP contribution in [0.3, 0.4) is 0 Å². The van der Waals surface area contributed by atoms with Crippen molar-refractivity contribution in [2.24, 2.45) is 0 Å². The number of hydrogen-bond acceptors (Lipinski definition) is 0. The van der Waals surface area contributed by atoms with Crippen molar-refractivity contribution in [3.05, 3.63) is 35.5 Å². The molecule has 1 nitrogen and oxygen atoms in total. The molecule has 0 aliphatic carbocycles. The summed E-state index contributed by atoms with van der Waals surface area (Å²) in [5, 5.41) is 1.97. The molecule has 0 saturated carbocycles. The standard InChI is InChI=1S/C8H6ClN/c9-7-2-1-6-3-4-10-8(6)5-7/h1-5,10H/p+1. The molecule has 1 heterocycles. The van der Waals surface area contributed by atoms with Crippen LogP contribution in [0, 0.1) is 0 Å². The van der Waals surface area contributed by atoms with Crippen molar-refractivity contribution in [3.63, 3.8) is 0 Å². The third-order valence-corrected chi connectivity index (χ3v) is 1.75. The lowest BCUT2D eigenvalue weighted by Gasteiger charge is -1.88. The van der Waals surface area contributed by atoms with E-state index >= 15 is 0 Å². The number of benzene rings is 1. The Morgan fingerprint density at radius 2 is 2.20 bits per heavy atom. The monoisotopic (exact) mass is 152 g/mol. The van der Waals surface area contributed by atoms with Gasteiger partial charge in [-0.15, -0.1) is 0 Å². The molecule has 1 aromatic carbocycles. The van der Waals surface area contributed by atoms with Crippen LogP contribution in [0.4, 0.5) is 0 Å². The van der Waals surface area contributed by atoms with Gasteiger partial charge in [0.05, 0.1) is 0 Å². The molecule has 0 unspecified atom stereocenters. The normalized spacial score (nSPS) is 10.5. The average molecular weight is 153 g/mol. The van der Waals surface area contributed by atoms with Gasteiger partial charge in [-0.1, -0.05) is 17.7 Å². The number of aromatic nitrogens is 1. The molecule has 0 aliphatic rings. The zero-order valence-corrected chi connectivity index (χ0v) is 6.02. The molecule has 0 spiro atoms. The van der Waals surface area contributed by atoms with Crippen molar-refractivity contribution in [1.29, 1.82) is 0 Å². The Bertz CT molecular complexity index is 356. The van der Waals surface area contributed by atoms with Gasteiger partial charge in [-0.25, -0.2) is 0 Å². The van der Waals surface area contributed by atoms with Crippen LogP contribution in [-0.2, 0) is 0 Å². The maximum absolute atomic E-state index is 5.76. The van der Waals surface area contributed by atoms with Crippen LogP contribution in [0.5, 0.6) is 0 Å². The van der Waals surface area contributed by atoms with E-state index in [2.05, 4.69) is 4.98 Å². The van der Waals surface area contributed by atoms with Gasteiger partial charge in [0.15, 0.2) is 0 Å². The fourth-order valence-electron chi connectivity index (χ4n) is 1.02. The zero-order chi connectivity index (χ0) is 6.97. The first-order chi connectivity index (χ1) is 4.86. The minimum atomic E-state index is 0. The second kappa shape index (κ2) is 2.03. The fourth-order valence-corrected chi connectivity index (χ4v) is 1.19. The van der Waals surface area contributed by atoms with Crippen LogP contribution in [0.1, 0.15) is 1.43 Å². The summed E-state index contributed by atoms with van der Waals surface area (Å²) in [4.78, 5) is 3.08. The van der Waals surface area contributed by atoms with Gasteiger partial charge in [0.1, 0.15) is 0 Å². The molecule has 1 N–H and O–H groups in total. The van der Waals surface area contributed by atoms with Crippen LogP contribution in [0.15, 0.2) is 30.5 Å². The minimum absolute atomic E-state index is 0. The largest absolute Gasteiger partial charge is 1.00 e. The second-order valence-corrected chi connectivity index (χ2v) is 2.65. The highest BCUT2D eigenvalue weighted by Gasteiger charge is 1.92. The average Bonchev–Trinajstić information content (AvgIpc) is 2.33. The van der Waals surface area contributed by atoms with Gasteiger partial charge in [0.2, 0.25) is 0 Å². The zero-order valence-electron chi connectivity index (χ0n) is 6.26. The lowest BCUT2D eigenvalue weighted by atomic mass is 10.2. The summed E-state index contributed by atoms with van der Waals surface area (Å²) in [7, 11) is 0. The van der Waals surface area contributed by atoms with Gasteiger partial charge in [0, 0.05) is 16.7 Å². The van der Waals surface area contributed by atoms with Crippen LogP contribution in [0.2, 0.25) is 5.02 Å². The molecule has 1 aromatic heterocycles. The lowest BCUT2D eigenvalue weighted by Crippen LogP contribution is -1.65. The SMILES string of the molecule is Clc1ccc2cc[nH]c2c1.[H+]. The van der Waals surface area contributed by atoms with E-state index in [9.17, 15) is 0 Å². The molecule has 2 heteroatoms. The van der Waals surface area contributed by atoms with Crippen LogP contribution in [0.25, 0.3) is 10.9 Å². The van der Waals surface area contributed by atoms with Crippen LogP contribution in [-0.4, -0.2) is 4.98 Å². The minimum Gasteiger partial charge on any atom is -0.361 e. The van der Waals surface area contributed by atoms with Gasteiger partial charge >= 0.3 is 1.43 Å². The Hall–Kier alpha value is -0.950. The predicted octanol–water partition coefficient (Wildman–Crippen LogP) is 2.93. The Morgan fingerprint density at radius 3 is 3.10 bits per heavy atom. The van der Waals surface area contributed by atoms with Gasteiger partial charge in [-0.05, 0) is 23.6 Å². The molecule has 0 saturated heterocycles. The van der Waals surface area contributed by atoms with Crippen LogP contribution < -0.4 is 0 Å². The van der Waals surface area contributed by atoms with Crippen molar-refractivity contribution in [2.75, 3.05) is 0 Å². The Kier molecular flexibility index (Phi) is 1.18. The third kappa shape index (κ3) is 0.792. The number of aromatic amines is 1. The maximum atomic E-state index is 5.76. The van der Waals surface area contributed by atoms with Gasteiger partial charge in [-0.2, -0.15) is 0 Å². The number of nitrogens with one attached hydrogen (secondary N) is 1. The maximum Gasteiger partial charge on any atom is 1.00 e. The van der Waals surface area contributed by atoms with Crippen molar-refractivity contribution in [2.45, 2.75) is 0 Å². The predicted molar refractivity (Wildman–Crippen MR) is 44.4 cm³/mol.